The third-order valence-electron chi connectivity index (χ3n) is 16.2. The Kier molecular flexibility index (Phi) is 75.5. The highest BCUT2D eigenvalue weighted by molar-refractivity contribution is 6.03. The molecule has 0 atom stereocenters. The number of Topliss-reactive ketones (excluding diaryl/α,β-unsaturated/α-hetero) is 4. The summed E-state index contributed by atoms with van der Waals surface area (Å²) in [6.07, 6.45) is 70.4. The molecular formula is C68H136Cl2N2O4. The second-order valence-corrected chi connectivity index (χ2v) is 23.5. The van der Waals surface area contributed by atoms with Gasteiger partial charge < -0.3 is 36.3 Å². The molecule has 0 amide bonds. The monoisotopic (exact) mass is 1110 g/mol. The predicted molar refractivity (Wildman–Crippen MR) is 324 cm³/mol. The van der Waals surface area contributed by atoms with Gasteiger partial charge in [0, 0.05) is 25.7 Å². The Bertz CT molecular complexity index is 998. The second kappa shape index (κ2) is 70.3. The molecule has 0 unspecified atom stereocenters. The number of carbonyl (C=O) groups is 4. The van der Waals surface area contributed by atoms with Crippen LogP contribution in [0.2, 0.25) is 0 Å². The Morgan fingerprint density at radius 3 is 0.421 bits per heavy atom. The first-order valence-corrected chi connectivity index (χ1v) is 34.0. The third-order valence-corrected chi connectivity index (χ3v) is 16.2. The molecule has 456 valence electrons. The SMILES string of the molecule is CCCCCCCCCCCCCCCC(=O)C(C[NH3+])C(=O)CCCCCCCCCCCCCCC.CCCCCCCCCCCCCCCC(=O)C(C[NH3+])C(=O)CCCCCCCCCCCCCCC.[Cl-].[Cl-]. The van der Waals surface area contributed by atoms with Crippen LogP contribution in [0.15, 0.2) is 0 Å². The number of ketones is 4. The number of unbranched alkanes of at least 4 members (excludes halogenated alkanes) is 48. The highest BCUT2D eigenvalue weighted by Crippen LogP contribution is 2.20. The van der Waals surface area contributed by atoms with Crippen LogP contribution in [-0.4, -0.2) is 36.2 Å². The van der Waals surface area contributed by atoms with Crippen molar-refractivity contribution >= 4 is 23.1 Å². The molecule has 0 fully saturated rings. The number of hydrogen-bond donors (Lipinski definition) is 2. The van der Waals surface area contributed by atoms with E-state index in [0.717, 1.165) is 51.4 Å². The van der Waals surface area contributed by atoms with E-state index < -0.39 is 11.8 Å². The number of carbonyl (C=O) groups excluding carboxylic acids is 4. The molecule has 0 aliphatic carbocycles. The first-order chi connectivity index (χ1) is 36.3. The van der Waals surface area contributed by atoms with Crippen LogP contribution in [0.1, 0.15) is 387 Å². The van der Waals surface area contributed by atoms with E-state index in [-0.39, 0.29) is 47.9 Å². The Morgan fingerprint density at radius 2 is 0.316 bits per heavy atom. The summed E-state index contributed by atoms with van der Waals surface area (Å²) in [6.45, 7) is 9.97. The van der Waals surface area contributed by atoms with Crippen LogP contribution in [0.4, 0.5) is 0 Å². The Labute approximate surface area is 488 Å². The van der Waals surface area contributed by atoms with Crippen molar-refractivity contribution in [2.24, 2.45) is 11.8 Å². The van der Waals surface area contributed by atoms with E-state index in [2.05, 4.69) is 39.2 Å². The molecule has 0 bridgehead atoms. The largest absolute Gasteiger partial charge is 1.00 e. The van der Waals surface area contributed by atoms with Crippen LogP contribution >= 0.6 is 0 Å². The zero-order chi connectivity index (χ0) is 54.5. The zero-order valence-electron chi connectivity index (χ0n) is 52.0. The molecule has 0 heterocycles. The van der Waals surface area contributed by atoms with Crippen LogP contribution in [0, 0.1) is 11.8 Å². The molecule has 6 N–H and O–H groups in total. The summed E-state index contributed by atoms with van der Waals surface area (Å²) in [4.78, 5) is 50.4. The molecule has 6 nitrogen and oxygen atoms in total. The standard InChI is InChI=1S/2C34H67NO2.2ClH/c2*1-3-5-7-9-11-13-15-17-19-21-23-25-27-29-33(36)32(31-35)34(37)30-28-26-24-22-20-18-16-14-12-10-8-6-4-2;;/h2*32H,3-31,35H2,1-2H3;2*1H. The van der Waals surface area contributed by atoms with Crippen LogP contribution in [0.5, 0.6) is 0 Å². The predicted octanol–water partition coefficient (Wildman–Crippen LogP) is 13.9. The fourth-order valence-corrected chi connectivity index (χ4v) is 11.0. The smallest absolute Gasteiger partial charge is 0.149 e. The summed E-state index contributed by atoms with van der Waals surface area (Å²) in [5.74, 6) is -0.268. The van der Waals surface area contributed by atoms with Crippen LogP contribution in [-0.2, 0) is 19.2 Å². The van der Waals surface area contributed by atoms with E-state index in [1.807, 2.05) is 0 Å². The normalized spacial score (nSPS) is 11.2. The highest BCUT2D eigenvalue weighted by Gasteiger charge is 2.26. The van der Waals surface area contributed by atoms with E-state index in [0.29, 0.717) is 38.8 Å². The topological polar surface area (TPSA) is 124 Å². The molecule has 0 saturated carbocycles. The van der Waals surface area contributed by atoms with Crippen molar-refractivity contribution in [2.45, 2.75) is 387 Å². The first kappa shape index (κ1) is 81.7. The maximum atomic E-state index is 12.6. The number of rotatable bonds is 62. The molecule has 0 aliphatic heterocycles. The summed E-state index contributed by atoms with van der Waals surface area (Å²) >= 11 is 0. The van der Waals surface area contributed by atoms with Crippen molar-refractivity contribution in [1.82, 2.24) is 0 Å². The summed E-state index contributed by atoms with van der Waals surface area (Å²) < 4.78 is 0. The summed E-state index contributed by atoms with van der Waals surface area (Å²) in [5.41, 5.74) is 7.83. The minimum Gasteiger partial charge on any atom is -1.00 e. The van der Waals surface area contributed by atoms with E-state index in [4.69, 9.17) is 0 Å². The zero-order valence-corrected chi connectivity index (χ0v) is 53.5. The van der Waals surface area contributed by atoms with Gasteiger partial charge in [0.2, 0.25) is 0 Å². The lowest BCUT2D eigenvalue weighted by molar-refractivity contribution is -0.373. The maximum absolute atomic E-state index is 12.6. The average Bonchev–Trinajstić information content (AvgIpc) is 3.40. The fraction of sp³-hybridized carbons (Fsp3) is 0.941. The lowest BCUT2D eigenvalue weighted by Crippen LogP contribution is -3.00. The molecule has 0 radical (unpaired) electrons. The number of quaternary nitrogens is 2. The van der Waals surface area contributed by atoms with E-state index in [9.17, 15) is 19.2 Å². The van der Waals surface area contributed by atoms with Gasteiger partial charge in [-0.3, -0.25) is 19.2 Å². The van der Waals surface area contributed by atoms with Gasteiger partial charge in [-0.1, -0.05) is 336 Å². The molecule has 0 aromatic carbocycles. The van der Waals surface area contributed by atoms with Gasteiger partial charge in [0.1, 0.15) is 35.0 Å². The molecule has 0 spiro atoms. The Balaban J connectivity index is -0.000000665. The van der Waals surface area contributed by atoms with Gasteiger partial charge in [-0.05, 0) is 25.7 Å². The van der Waals surface area contributed by atoms with Crippen molar-refractivity contribution in [3.63, 3.8) is 0 Å². The Morgan fingerprint density at radius 1 is 0.211 bits per heavy atom. The lowest BCUT2D eigenvalue weighted by atomic mass is 9.91. The van der Waals surface area contributed by atoms with Crippen molar-refractivity contribution in [3.05, 3.63) is 0 Å². The van der Waals surface area contributed by atoms with Crippen molar-refractivity contribution in [3.8, 4) is 0 Å². The fourth-order valence-electron chi connectivity index (χ4n) is 11.0. The first-order valence-electron chi connectivity index (χ1n) is 34.0. The summed E-state index contributed by atoms with van der Waals surface area (Å²) in [7, 11) is 0. The molecule has 0 rings (SSSR count). The van der Waals surface area contributed by atoms with Gasteiger partial charge in [-0.2, -0.15) is 0 Å². The van der Waals surface area contributed by atoms with Gasteiger partial charge in [0.05, 0.1) is 13.1 Å². The Hall–Kier alpha value is -0.820. The molecule has 0 aromatic heterocycles. The van der Waals surface area contributed by atoms with Crippen molar-refractivity contribution in [1.29, 1.82) is 0 Å². The number of halogens is 2. The second-order valence-electron chi connectivity index (χ2n) is 23.5. The van der Waals surface area contributed by atoms with Gasteiger partial charge >= 0.3 is 0 Å². The van der Waals surface area contributed by atoms with Crippen molar-refractivity contribution in [2.75, 3.05) is 13.1 Å². The third kappa shape index (κ3) is 60.8. The minimum atomic E-state index is -0.436. The minimum absolute atomic E-state index is 0. The molecule has 76 heavy (non-hydrogen) atoms. The highest BCUT2D eigenvalue weighted by atomic mass is 35.5. The molecule has 8 heteroatoms. The van der Waals surface area contributed by atoms with Gasteiger partial charge in [0.15, 0.2) is 0 Å². The van der Waals surface area contributed by atoms with Crippen LogP contribution in [0.3, 0.4) is 0 Å². The van der Waals surface area contributed by atoms with E-state index in [1.165, 1.54) is 283 Å². The van der Waals surface area contributed by atoms with Crippen LogP contribution < -0.4 is 36.3 Å². The molecule has 0 aromatic rings. The summed E-state index contributed by atoms with van der Waals surface area (Å²) in [5, 5.41) is 0. The number of hydrogen-bond acceptors (Lipinski definition) is 4. The summed E-state index contributed by atoms with van der Waals surface area (Å²) in [6, 6.07) is 0. The van der Waals surface area contributed by atoms with Crippen LogP contribution in [0.25, 0.3) is 0 Å². The van der Waals surface area contributed by atoms with Gasteiger partial charge in [-0.15, -0.1) is 0 Å². The van der Waals surface area contributed by atoms with Crippen molar-refractivity contribution < 1.29 is 55.5 Å². The quantitative estimate of drug-likeness (QED) is 0.0465. The van der Waals surface area contributed by atoms with E-state index >= 15 is 0 Å². The average molecular weight is 1120 g/mol. The molecule has 0 saturated heterocycles. The molecular weight excluding hydrogens is 980 g/mol. The molecule has 0 aliphatic rings. The lowest BCUT2D eigenvalue weighted by Gasteiger charge is -2.11. The van der Waals surface area contributed by atoms with Gasteiger partial charge in [-0.25, -0.2) is 0 Å². The van der Waals surface area contributed by atoms with E-state index in [1.54, 1.807) is 0 Å². The van der Waals surface area contributed by atoms with Gasteiger partial charge in [0.25, 0.3) is 0 Å². The maximum Gasteiger partial charge on any atom is 0.149 e.